The Balaban J connectivity index is 1.89. The summed E-state index contributed by atoms with van der Waals surface area (Å²) in [5.41, 5.74) is -0.583. The highest BCUT2D eigenvalue weighted by molar-refractivity contribution is 5.86. The summed E-state index contributed by atoms with van der Waals surface area (Å²) in [6, 6.07) is -0.678. The molecule has 1 N–H and O–H groups in total. The molecule has 31 heavy (non-hydrogen) atoms. The lowest BCUT2D eigenvalue weighted by Gasteiger charge is -2.37. The lowest BCUT2D eigenvalue weighted by atomic mass is 9.95. The van der Waals surface area contributed by atoms with Crippen molar-refractivity contribution in [2.45, 2.75) is 90.8 Å². The number of hydrogen-bond donors (Lipinski definition) is 1. The maximum absolute atomic E-state index is 12.8. The van der Waals surface area contributed by atoms with E-state index in [4.69, 9.17) is 9.47 Å². The molecule has 0 radical (unpaired) electrons. The number of nitrogens with one attached hydrogen (secondary N) is 1. The van der Waals surface area contributed by atoms with Gasteiger partial charge in [-0.15, -0.1) is 0 Å². The molecule has 0 saturated carbocycles. The maximum atomic E-state index is 12.8. The number of ether oxygens (including phenoxy) is 2. The Kier molecular flexibility index (Phi) is 9.59. The van der Waals surface area contributed by atoms with E-state index in [2.05, 4.69) is 17.1 Å². The Morgan fingerprint density at radius 1 is 1.10 bits per heavy atom. The first-order valence-corrected chi connectivity index (χ1v) is 11.8. The highest BCUT2D eigenvalue weighted by atomic mass is 16.6. The number of carbonyl (C=O) groups excluding carboxylic acids is 3. The summed E-state index contributed by atoms with van der Waals surface area (Å²) in [5.74, 6) is 0.0202. The van der Waals surface area contributed by atoms with Crippen LogP contribution in [0, 0.1) is 5.92 Å². The molecular weight excluding hydrogens is 398 g/mol. The van der Waals surface area contributed by atoms with E-state index in [0.29, 0.717) is 26.1 Å². The first kappa shape index (κ1) is 25.4. The number of carbonyl (C=O) groups is 3. The van der Waals surface area contributed by atoms with Gasteiger partial charge in [-0.05, 0) is 72.3 Å². The third-order valence-electron chi connectivity index (χ3n) is 5.86. The minimum atomic E-state index is -0.583. The van der Waals surface area contributed by atoms with E-state index < -0.39 is 17.7 Å². The van der Waals surface area contributed by atoms with Crippen molar-refractivity contribution in [3.8, 4) is 0 Å². The molecule has 2 amide bonds. The molecule has 8 heteroatoms. The van der Waals surface area contributed by atoms with Crippen molar-refractivity contribution >= 4 is 18.0 Å². The molecule has 2 aliphatic rings. The van der Waals surface area contributed by atoms with Crippen LogP contribution in [0.25, 0.3) is 0 Å². The number of hydrogen-bond acceptors (Lipinski definition) is 6. The highest BCUT2D eigenvalue weighted by Gasteiger charge is 2.37. The lowest BCUT2D eigenvalue weighted by Crippen LogP contribution is -2.51. The Morgan fingerprint density at radius 3 is 2.45 bits per heavy atom. The molecule has 2 aliphatic heterocycles. The molecule has 8 nitrogen and oxygen atoms in total. The fourth-order valence-electron chi connectivity index (χ4n) is 4.45. The van der Waals surface area contributed by atoms with Crippen LogP contribution in [0.15, 0.2) is 0 Å². The Labute approximate surface area is 187 Å². The smallest absolute Gasteiger partial charge is 0.410 e. The Bertz CT molecular complexity index is 619. The van der Waals surface area contributed by atoms with Crippen molar-refractivity contribution in [3.63, 3.8) is 0 Å². The number of rotatable bonds is 8. The first-order valence-electron chi connectivity index (χ1n) is 11.8. The van der Waals surface area contributed by atoms with Crippen LogP contribution in [0.3, 0.4) is 0 Å². The molecule has 178 valence electrons. The predicted octanol–water partition coefficient (Wildman–Crippen LogP) is 2.95. The van der Waals surface area contributed by atoms with Crippen LogP contribution in [0.4, 0.5) is 4.79 Å². The monoisotopic (exact) mass is 439 g/mol. The highest BCUT2D eigenvalue weighted by Crippen LogP contribution is 2.23. The van der Waals surface area contributed by atoms with Gasteiger partial charge in [-0.2, -0.15) is 0 Å². The van der Waals surface area contributed by atoms with E-state index >= 15 is 0 Å². The van der Waals surface area contributed by atoms with Crippen LogP contribution in [-0.4, -0.2) is 78.2 Å². The van der Waals surface area contributed by atoms with Gasteiger partial charge in [-0.25, -0.2) is 4.79 Å². The van der Waals surface area contributed by atoms with Gasteiger partial charge in [-0.1, -0.05) is 13.3 Å². The second-order valence-corrected chi connectivity index (χ2v) is 9.64. The van der Waals surface area contributed by atoms with Crippen molar-refractivity contribution in [1.29, 1.82) is 0 Å². The fourth-order valence-corrected chi connectivity index (χ4v) is 4.45. The third kappa shape index (κ3) is 7.66. The van der Waals surface area contributed by atoms with E-state index in [1.807, 2.05) is 27.7 Å². The van der Waals surface area contributed by atoms with Crippen molar-refractivity contribution in [2.24, 2.45) is 5.92 Å². The normalized spacial score (nSPS) is 23.3. The van der Waals surface area contributed by atoms with E-state index in [9.17, 15) is 14.4 Å². The molecule has 0 aromatic rings. The van der Waals surface area contributed by atoms with Gasteiger partial charge in [0.1, 0.15) is 17.7 Å². The molecule has 0 spiro atoms. The first-order chi connectivity index (χ1) is 14.7. The van der Waals surface area contributed by atoms with Crippen LogP contribution in [0.2, 0.25) is 0 Å². The van der Waals surface area contributed by atoms with Crippen molar-refractivity contribution in [2.75, 3.05) is 32.8 Å². The van der Waals surface area contributed by atoms with Gasteiger partial charge in [-0.3, -0.25) is 19.4 Å². The Hall–Kier alpha value is -1.83. The largest absolute Gasteiger partial charge is 0.465 e. The topological polar surface area (TPSA) is 88.2 Å². The summed E-state index contributed by atoms with van der Waals surface area (Å²) in [6.07, 6.45) is 4.74. The average Bonchev–Trinajstić information content (AvgIpc) is 3.19. The molecule has 0 bridgehead atoms. The molecule has 0 aromatic carbocycles. The zero-order valence-electron chi connectivity index (χ0n) is 19.9. The number of nitrogens with zero attached hydrogens (tertiary/aromatic N) is 2. The molecule has 2 fully saturated rings. The van der Waals surface area contributed by atoms with Gasteiger partial charge in [0.15, 0.2) is 0 Å². The number of likely N-dealkylation sites (tertiary alicyclic amines) is 2. The van der Waals surface area contributed by atoms with E-state index in [0.717, 1.165) is 45.2 Å². The van der Waals surface area contributed by atoms with Crippen molar-refractivity contribution < 1.29 is 23.9 Å². The van der Waals surface area contributed by atoms with Gasteiger partial charge in [0.2, 0.25) is 5.91 Å². The Morgan fingerprint density at radius 2 is 1.81 bits per heavy atom. The average molecular weight is 440 g/mol. The zero-order chi connectivity index (χ0) is 23.0. The number of piperidine rings is 1. The van der Waals surface area contributed by atoms with E-state index in [1.165, 1.54) is 0 Å². The van der Waals surface area contributed by atoms with Crippen LogP contribution >= 0.6 is 0 Å². The van der Waals surface area contributed by atoms with Crippen molar-refractivity contribution in [3.05, 3.63) is 0 Å². The van der Waals surface area contributed by atoms with Crippen LogP contribution in [0.1, 0.15) is 73.1 Å². The van der Waals surface area contributed by atoms with Gasteiger partial charge in [0.05, 0.1) is 6.61 Å². The molecule has 0 aromatic heterocycles. The van der Waals surface area contributed by atoms with E-state index in [-0.39, 0.29) is 23.8 Å². The van der Waals surface area contributed by atoms with Gasteiger partial charge in [0, 0.05) is 19.6 Å². The quantitative estimate of drug-likeness (QED) is 0.585. The molecule has 0 aliphatic carbocycles. The molecule has 2 saturated heterocycles. The summed E-state index contributed by atoms with van der Waals surface area (Å²) in [4.78, 5) is 41.4. The van der Waals surface area contributed by atoms with Gasteiger partial charge in [0.25, 0.3) is 0 Å². The van der Waals surface area contributed by atoms with Gasteiger partial charge >= 0.3 is 12.1 Å². The minimum Gasteiger partial charge on any atom is -0.465 e. The molecule has 2 heterocycles. The van der Waals surface area contributed by atoms with Crippen LogP contribution in [0.5, 0.6) is 0 Å². The maximum Gasteiger partial charge on any atom is 0.410 e. The second kappa shape index (κ2) is 11.7. The molecule has 0 unspecified atom stereocenters. The van der Waals surface area contributed by atoms with Gasteiger partial charge < -0.3 is 14.8 Å². The third-order valence-corrected chi connectivity index (χ3v) is 5.86. The standard InChI is InChI=1S/C23H41N3O5/c1-6-10-19(21(28)30-7-2)25-13-8-11-17(16-25)15-24-20(27)18-12-9-14-26(18)22(29)31-23(3,4)5/h17-19H,6-16H2,1-5H3,(H,24,27)/t17-,18+,19+/m0/s1. The summed E-state index contributed by atoms with van der Waals surface area (Å²) >= 11 is 0. The summed E-state index contributed by atoms with van der Waals surface area (Å²) in [7, 11) is 0. The van der Waals surface area contributed by atoms with Crippen LogP contribution < -0.4 is 5.32 Å². The summed E-state index contributed by atoms with van der Waals surface area (Å²) in [6.45, 7) is 12.5. The lowest BCUT2D eigenvalue weighted by molar-refractivity contribution is -0.150. The molecule has 3 atom stereocenters. The predicted molar refractivity (Wildman–Crippen MR) is 119 cm³/mol. The van der Waals surface area contributed by atoms with Crippen molar-refractivity contribution in [1.82, 2.24) is 15.1 Å². The zero-order valence-corrected chi connectivity index (χ0v) is 19.9. The van der Waals surface area contributed by atoms with E-state index in [1.54, 1.807) is 4.90 Å². The number of esters is 1. The molecule has 2 rings (SSSR count). The molecular formula is C23H41N3O5. The summed E-state index contributed by atoms with van der Waals surface area (Å²) < 4.78 is 10.7. The number of amides is 2. The SMILES string of the molecule is CCC[C@H](C(=O)OCC)N1CCC[C@@H](CNC(=O)[C@H]2CCCN2C(=O)OC(C)(C)C)C1. The minimum absolute atomic E-state index is 0.115. The second-order valence-electron chi connectivity index (χ2n) is 9.64. The summed E-state index contributed by atoms with van der Waals surface area (Å²) in [5, 5.41) is 3.06. The van der Waals surface area contributed by atoms with Crippen LogP contribution in [-0.2, 0) is 19.1 Å². The fraction of sp³-hybridized carbons (Fsp3) is 0.870.